The molecule has 8 nitrogen and oxygen atoms in total. The number of anilines is 1. The Morgan fingerprint density at radius 3 is 2.62 bits per heavy atom. The summed E-state index contributed by atoms with van der Waals surface area (Å²) in [4.78, 5) is 45.9. The Bertz CT molecular complexity index is 1180. The predicted octanol–water partition coefficient (Wildman–Crippen LogP) is 4.31. The topological polar surface area (TPSA) is 96.4 Å². The Kier molecular flexibility index (Phi) is 8.56. The van der Waals surface area contributed by atoms with Crippen molar-refractivity contribution in [2.45, 2.75) is 70.7 Å². The molecule has 0 saturated carbocycles. The predicted molar refractivity (Wildman–Crippen MR) is 154 cm³/mol. The number of amides is 2. The molecule has 3 heterocycles. The fraction of sp³-hybridized carbons (Fsp3) is 0.581. The third kappa shape index (κ3) is 4.39. The first-order valence-corrected chi connectivity index (χ1v) is 14.4. The van der Waals surface area contributed by atoms with Crippen LogP contribution in [0.15, 0.2) is 43.5 Å². The molecule has 3 aliphatic rings. The van der Waals surface area contributed by atoms with Gasteiger partial charge in [-0.3, -0.25) is 14.4 Å². The van der Waals surface area contributed by atoms with E-state index in [9.17, 15) is 19.5 Å². The molecule has 1 spiro atoms. The van der Waals surface area contributed by atoms with Crippen LogP contribution in [0.25, 0.3) is 0 Å². The largest absolute Gasteiger partial charge is 0.461 e. The van der Waals surface area contributed by atoms with E-state index in [2.05, 4.69) is 13.2 Å². The Morgan fingerprint density at radius 1 is 1.35 bits per heavy atom. The summed E-state index contributed by atoms with van der Waals surface area (Å²) in [7, 11) is 0. The third-order valence-corrected chi connectivity index (χ3v) is 9.77. The maximum atomic E-state index is 14.8. The van der Waals surface area contributed by atoms with Crippen LogP contribution in [0.3, 0.4) is 0 Å². The zero-order chi connectivity index (χ0) is 29.6. The Morgan fingerprint density at radius 2 is 2.05 bits per heavy atom. The number of hydrogen-bond donors (Lipinski definition) is 1. The van der Waals surface area contributed by atoms with Crippen LogP contribution in [0.1, 0.15) is 46.1 Å². The molecule has 3 unspecified atom stereocenters. The number of carbonyl (C=O) groups is 3. The average molecular weight is 573 g/mol. The Labute approximate surface area is 241 Å². The minimum atomic E-state index is -1.28. The van der Waals surface area contributed by atoms with Crippen molar-refractivity contribution < 1.29 is 29.0 Å². The van der Waals surface area contributed by atoms with E-state index < -0.39 is 41.1 Å². The second-order valence-electron chi connectivity index (χ2n) is 11.6. The third-order valence-electron chi connectivity index (χ3n) is 9.47. The maximum absolute atomic E-state index is 14.8. The van der Waals surface area contributed by atoms with Gasteiger partial charge in [0.1, 0.15) is 24.2 Å². The average Bonchev–Trinajstić information content (AvgIpc) is 3.43. The number of rotatable bonds is 11. The lowest BCUT2D eigenvalue weighted by molar-refractivity contribution is -0.162. The van der Waals surface area contributed by atoms with Crippen molar-refractivity contribution in [3.63, 3.8) is 0 Å². The molecule has 218 valence electrons. The molecule has 1 aromatic rings. The van der Waals surface area contributed by atoms with Crippen LogP contribution in [-0.4, -0.2) is 70.8 Å². The van der Waals surface area contributed by atoms with Crippen LogP contribution in [0.2, 0.25) is 5.02 Å². The van der Waals surface area contributed by atoms with Gasteiger partial charge in [0.05, 0.1) is 34.9 Å². The number of aryl methyl sites for hydroxylation is 1. The van der Waals surface area contributed by atoms with Crippen molar-refractivity contribution in [2.24, 2.45) is 23.7 Å². The minimum absolute atomic E-state index is 0.00477. The van der Waals surface area contributed by atoms with Crippen molar-refractivity contribution in [1.29, 1.82) is 0 Å². The van der Waals surface area contributed by atoms with E-state index in [1.165, 1.54) is 11.0 Å². The van der Waals surface area contributed by atoms with E-state index in [-0.39, 0.29) is 43.4 Å². The highest BCUT2D eigenvalue weighted by molar-refractivity contribution is 6.34. The molecule has 0 aromatic heterocycles. The first-order valence-electron chi connectivity index (χ1n) is 14.0. The standard InChI is InChI=1S/C31H41ClN2O6/c1-8-14-33(25-19(5)12-11-13-21(25)32)28(37)26-31-16-20(6)30(7,40-31)24(29(38)39-15-9-2)23(31)27(36)34(26)22(17-35)18(4)10-3/h8-9,11-13,18,20,22-24,26,35H,1-2,10,14-17H2,3-7H3/t18-,20?,22-,23-,24+,26?,30-,31?/m0/s1. The molecule has 8 atom stereocenters. The minimum Gasteiger partial charge on any atom is -0.461 e. The fourth-order valence-corrected chi connectivity index (χ4v) is 7.57. The number of esters is 1. The summed E-state index contributed by atoms with van der Waals surface area (Å²) < 4.78 is 12.3. The lowest BCUT2D eigenvalue weighted by Crippen LogP contribution is -2.60. The number of carbonyl (C=O) groups excluding carboxylic acids is 3. The van der Waals surface area contributed by atoms with Crippen molar-refractivity contribution in [3.05, 3.63) is 54.1 Å². The maximum Gasteiger partial charge on any atom is 0.313 e. The molecule has 0 aliphatic carbocycles. The van der Waals surface area contributed by atoms with E-state index in [1.807, 2.05) is 46.8 Å². The number of benzene rings is 1. The highest BCUT2D eigenvalue weighted by Gasteiger charge is 2.81. The van der Waals surface area contributed by atoms with Gasteiger partial charge in [-0.25, -0.2) is 0 Å². The summed E-state index contributed by atoms with van der Waals surface area (Å²) >= 11 is 6.64. The van der Waals surface area contributed by atoms with E-state index in [0.717, 1.165) is 5.56 Å². The number of aliphatic hydroxyl groups is 1. The van der Waals surface area contributed by atoms with Gasteiger partial charge in [0.25, 0.3) is 5.91 Å². The molecular formula is C31H41ClN2O6. The lowest BCUT2D eigenvalue weighted by atomic mass is 9.62. The summed E-state index contributed by atoms with van der Waals surface area (Å²) in [5, 5.41) is 11.0. The number of nitrogens with zero attached hydrogens (tertiary/aromatic N) is 2. The number of halogens is 1. The molecule has 40 heavy (non-hydrogen) atoms. The van der Waals surface area contributed by atoms with E-state index in [4.69, 9.17) is 21.1 Å². The highest BCUT2D eigenvalue weighted by atomic mass is 35.5. The normalized spacial score (nSPS) is 32.0. The monoisotopic (exact) mass is 572 g/mol. The smallest absolute Gasteiger partial charge is 0.313 e. The fourth-order valence-electron chi connectivity index (χ4n) is 7.25. The van der Waals surface area contributed by atoms with Crippen LogP contribution in [0.4, 0.5) is 5.69 Å². The zero-order valence-electron chi connectivity index (χ0n) is 24.1. The summed E-state index contributed by atoms with van der Waals surface area (Å²) in [6.45, 7) is 16.9. The molecule has 3 fully saturated rings. The summed E-state index contributed by atoms with van der Waals surface area (Å²) in [5.41, 5.74) is -0.969. The molecule has 0 radical (unpaired) electrons. The number of aliphatic hydroxyl groups excluding tert-OH is 1. The molecule has 1 aromatic carbocycles. The van der Waals surface area contributed by atoms with Crippen LogP contribution in [0.5, 0.6) is 0 Å². The van der Waals surface area contributed by atoms with Crippen molar-refractivity contribution >= 4 is 35.1 Å². The Hall–Kier alpha value is -2.68. The van der Waals surface area contributed by atoms with Gasteiger partial charge >= 0.3 is 5.97 Å². The first kappa shape index (κ1) is 30.3. The summed E-state index contributed by atoms with van der Waals surface area (Å²) in [6, 6.07) is 3.65. The summed E-state index contributed by atoms with van der Waals surface area (Å²) in [5.74, 6) is -3.40. The Balaban J connectivity index is 1.92. The van der Waals surface area contributed by atoms with Crippen molar-refractivity contribution in [3.8, 4) is 0 Å². The zero-order valence-corrected chi connectivity index (χ0v) is 24.8. The molecular weight excluding hydrogens is 532 g/mol. The molecule has 3 saturated heterocycles. The number of fused-ring (bicyclic) bond motifs is 1. The van der Waals surface area contributed by atoms with E-state index >= 15 is 0 Å². The number of hydrogen-bond acceptors (Lipinski definition) is 6. The van der Waals surface area contributed by atoms with Crippen LogP contribution < -0.4 is 4.90 Å². The van der Waals surface area contributed by atoms with Gasteiger partial charge in [0, 0.05) is 6.54 Å². The van der Waals surface area contributed by atoms with Crippen LogP contribution in [0, 0.1) is 30.6 Å². The second kappa shape index (κ2) is 11.3. The molecule has 4 rings (SSSR count). The van der Waals surface area contributed by atoms with Crippen LogP contribution in [-0.2, 0) is 23.9 Å². The van der Waals surface area contributed by atoms with E-state index in [0.29, 0.717) is 23.6 Å². The number of likely N-dealkylation sites (tertiary alicyclic amines) is 1. The molecule has 2 amide bonds. The summed E-state index contributed by atoms with van der Waals surface area (Å²) in [6.07, 6.45) is 4.17. The van der Waals surface area contributed by atoms with Gasteiger partial charge in [-0.1, -0.05) is 69.7 Å². The van der Waals surface area contributed by atoms with Gasteiger partial charge in [0.2, 0.25) is 5.91 Å². The van der Waals surface area contributed by atoms with Crippen LogP contribution >= 0.6 is 11.6 Å². The van der Waals surface area contributed by atoms with Gasteiger partial charge < -0.3 is 24.4 Å². The quantitative estimate of drug-likeness (QED) is 0.313. The molecule has 9 heteroatoms. The lowest BCUT2D eigenvalue weighted by Gasteiger charge is -2.41. The highest BCUT2D eigenvalue weighted by Crippen LogP contribution is 2.66. The van der Waals surface area contributed by atoms with Gasteiger partial charge in [-0.05, 0) is 43.7 Å². The number of ether oxygens (including phenoxy) is 2. The van der Waals surface area contributed by atoms with E-state index in [1.54, 1.807) is 17.0 Å². The molecule has 2 bridgehead atoms. The molecule has 1 N–H and O–H groups in total. The number of para-hydroxylation sites is 1. The molecule has 3 aliphatic heterocycles. The second-order valence-corrected chi connectivity index (χ2v) is 12.1. The first-order chi connectivity index (χ1) is 18.9. The van der Waals surface area contributed by atoms with Gasteiger partial charge in [-0.2, -0.15) is 0 Å². The van der Waals surface area contributed by atoms with Gasteiger partial charge in [-0.15, -0.1) is 6.58 Å². The van der Waals surface area contributed by atoms with Crippen molar-refractivity contribution in [2.75, 3.05) is 24.7 Å². The van der Waals surface area contributed by atoms with Gasteiger partial charge in [0.15, 0.2) is 0 Å². The SMILES string of the molecule is C=CCOC(=O)[C@H]1[C@H]2C(=O)N([C@@H](CO)[C@@H](C)CC)C(C(=O)N(CC=C)c3c(C)cccc3Cl)C23CC(C)[C@]1(C)O3. The van der Waals surface area contributed by atoms with Crippen molar-refractivity contribution in [1.82, 2.24) is 4.90 Å².